The number of anilines is 3. The van der Waals surface area contributed by atoms with Gasteiger partial charge in [-0.05, 0) is 18.2 Å². The number of hydrogen-bond acceptors (Lipinski definition) is 6. The molecule has 2 fully saturated rings. The van der Waals surface area contributed by atoms with Crippen molar-refractivity contribution in [3.05, 3.63) is 40.5 Å². The van der Waals surface area contributed by atoms with Crippen molar-refractivity contribution in [1.82, 2.24) is 9.97 Å². The highest BCUT2D eigenvalue weighted by atomic mass is 35.5. The van der Waals surface area contributed by atoms with Crippen molar-refractivity contribution < 1.29 is 4.74 Å². The third kappa shape index (κ3) is 3.68. The van der Waals surface area contributed by atoms with Gasteiger partial charge in [0, 0.05) is 45.5 Å². The van der Waals surface area contributed by atoms with Crippen molar-refractivity contribution in [2.45, 2.75) is 0 Å². The van der Waals surface area contributed by atoms with E-state index < -0.39 is 0 Å². The van der Waals surface area contributed by atoms with Crippen LogP contribution in [0.5, 0.6) is 0 Å². The topological polar surface area (TPSA) is 44.7 Å². The molecule has 0 saturated carbocycles. The second kappa shape index (κ2) is 7.86. The van der Waals surface area contributed by atoms with E-state index in [1.807, 2.05) is 30.5 Å². The molecular formula is C18H21Cl2N5O. The minimum atomic E-state index is 0.697. The molecule has 2 saturated heterocycles. The van der Waals surface area contributed by atoms with Crippen LogP contribution in [0.3, 0.4) is 0 Å². The number of piperazine rings is 1. The van der Waals surface area contributed by atoms with Gasteiger partial charge >= 0.3 is 0 Å². The lowest BCUT2D eigenvalue weighted by Crippen LogP contribution is -2.47. The molecule has 138 valence electrons. The monoisotopic (exact) mass is 393 g/mol. The maximum Gasteiger partial charge on any atom is 0.227 e. The number of rotatable bonds is 3. The summed E-state index contributed by atoms with van der Waals surface area (Å²) < 4.78 is 5.41. The van der Waals surface area contributed by atoms with Gasteiger partial charge < -0.3 is 19.4 Å². The van der Waals surface area contributed by atoms with Gasteiger partial charge in [0.25, 0.3) is 0 Å². The fourth-order valence-corrected chi connectivity index (χ4v) is 4.02. The summed E-state index contributed by atoms with van der Waals surface area (Å²) >= 11 is 12.7. The number of ether oxygens (including phenoxy) is 1. The first-order valence-corrected chi connectivity index (χ1v) is 9.57. The van der Waals surface area contributed by atoms with Crippen LogP contribution in [0.25, 0.3) is 0 Å². The van der Waals surface area contributed by atoms with E-state index >= 15 is 0 Å². The molecule has 4 rings (SSSR count). The van der Waals surface area contributed by atoms with Crippen LogP contribution < -0.4 is 14.7 Å². The first-order chi connectivity index (χ1) is 12.7. The van der Waals surface area contributed by atoms with Crippen molar-refractivity contribution in [2.24, 2.45) is 0 Å². The quantitative estimate of drug-likeness (QED) is 0.798. The van der Waals surface area contributed by atoms with Crippen molar-refractivity contribution in [1.29, 1.82) is 0 Å². The van der Waals surface area contributed by atoms with Gasteiger partial charge in [-0.3, -0.25) is 0 Å². The lowest BCUT2D eigenvalue weighted by molar-refractivity contribution is 0.122. The standard InChI is InChI=1S/C18H21Cl2N5O/c19-14-2-1-3-15(20)17(14)24-8-6-23(7-9-24)16-4-5-21-18(22-16)25-10-12-26-13-11-25/h1-5H,6-13H2. The van der Waals surface area contributed by atoms with Crippen molar-refractivity contribution in [3.8, 4) is 0 Å². The minimum absolute atomic E-state index is 0.697. The maximum absolute atomic E-state index is 6.35. The van der Waals surface area contributed by atoms with E-state index in [0.717, 1.165) is 69.9 Å². The van der Waals surface area contributed by atoms with Gasteiger partial charge in [0.2, 0.25) is 5.95 Å². The fraction of sp³-hybridized carbons (Fsp3) is 0.444. The molecule has 2 aliphatic heterocycles. The summed E-state index contributed by atoms with van der Waals surface area (Å²) in [6, 6.07) is 7.61. The molecule has 6 nitrogen and oxygen atoms in total. The predicted molar refractivity (Wildman–Crippen MR) is 106 cm³/mol. The van der Waals surface area contributed by atoms with Gasteiger partial charge in [0.05, 0.1) is 28.9 Å². The normalized spacial score (nSPS) is 18.3. The number of nitrogens with zero attached hydrogens (tertiary/aromatic N) is 5. The molecule has 1 aromatic heterocycles. The van der Waals surface area contributed by atoms with Crippen molar-refractivity contribution >= 4 is 40.7 Å². The highest BCUT2D eigenvalue weighted by Gasteiger charge is 2.22. The Bertz CT molecular complexity index is 741. The average Bonchev–Trinajstić information content (AvgIpc) is 2.69. The molecule has 2 aliphatic rings. The molecule has 2 aromatic rings. The maximum atomic E-state index is 6.35. The Morgan fingerprint density at radius 3 is 2.15 bits per heavy atom. The average molecular weight is 394 g/mol. The van der Waals surface area contributed by atoms with Gasteiger partial charge in [0.1, 0.15) is 5.82 Å². The van der Waals surface area contributed by atoms with Gasteiger partial charge in [-0.2, -0.15) is 4.98 Å². The number of para-hydroxylation sites is 1. The van der Waals surface area contributed by atoms with E-state index in [9.17, 15) is 0 Å². The van der Waals surface area contributed by atoms with Crippen LogP contribution in [0.1, 0.15) is 0 Å². The number of morpholine rings is 1. The van der Waals surface area contributed by atoms with Crippen LogP contribution in [-0.2, 0) is 4.74 Å². The smallest absolute Gasteiger partial charge is 0.227 e. The van der Waals surface area contributed by atoms with E-state index in [1.54, 1.807) is 0 Å². The second-order valence-electron chi connectivity index (χ2n) is 6.36. The molecule has 1 aromatic carbocycles. The third-order valence-corrected chi connectivity index (χ3v) is 5.39. The summed E-state index contributed by atoms with van der Waals surface area (Å²) in [4.78, 5) is 15.9. The Balaban J connectivity index is 1.45. The van der Waals surface area contributed by atoms with Gasteiger partial charge in [0.15, 0.2) is 0 Å². The zero-order chi connectivity index (χ0) is 17.9. The Hall–Kier alpha value is -1.76. The number of benzene rings is 1. The van der Waals surface area contributed by atoms with Crippen LogP contribution >= 0.6 is 23.2 Å². The first-order valence-electron chi connectivity index (χ1n) is 8.82. The lowest BCUT2D eigenvalue weighted by Gasteiger charge is -2.37. The van der Waals surface area contributed by atoms with Gasteiger partial charge in [-0.25, -0.2) is 4.98 Å². The van der Waals surface area contributed by atoms with Crippen LogP contribution in [0.4, 0.5) is 17.5 Å². The molecule has 0 amide bonds. The van der Waals surface area contributed by atoms with Gasteiger partial charge in [-0.1, -0.05) is 29.3 Å². The summed E-state index contributed by atoms with van der Waals surface area (Å²) in [5.41, 5.74) is 0.923. The largest absolute Gasteiger partial charge is 0.378 e. The molecule has 8 heteroatoms. The zero-order valence-electron chi connectivity index (χ0n) is 14.4. The Morgan fingerprint density at radius 1 is 0.808 bits per heavy atom. The Kier molecular flexibility index (Phi) is 5.33. The molecule has 26 heavy (non-hydrogen) atoms. The third-order valence-electron chi connectivity index (χ3n) is 4.78. The molecule has 0 bridgehead atoms. The fourth-order valence-electron chi connectivity index (χ4n) is 3.38. The highest BCUT2D eigenvalue weighted by molar-refractivity contribution is 6.39. The van der Waals surface area contributed by atoms with Crippen molar-refractivity contribution in [3.63, 3.8) is 0 Å². The number of halogens is 2. The second-order valence-corrected chi connectivity index (χ2v) is 7.17. The molecular weight excluding hydrogens is 373 g/mol. The number of hydrogen-bond donors (Lipinski definition) is 0. The summed E-state index contributed by atoms with van der Waals surface area (Å²) in [6.45, 7) is 6.54. The van der Waals surface area contributed by atoms with E-state index in [0.29, 0.717) is 10.0 Å². The van der Waals surface area contributed by atoms with E-state index in [1.165, 1.54) is 0 Å². The molecule has 0 unspecified atom stereocenters. The molecule has 0 aliphatic carbocycles. The molecule has 0 N–H and O–H groups in total. The summed E-state index contributed by atoms with van der Waals surface area (Å²) in [6.07, 6.45) is 1.84. The van der Waals surface area contributed by atoms with Crippen LogP contribution in [-0.4, -0.2) is 62.5 Å². The van der Waals surface area contributed by atoms with Crippen molar-refractivity contribution in [2.75, 3.05) is 67.2 Å². The molecule has 3 heterocycles. The summed E-state index contributed by atoms with van der Waals surface area (Å²) in [5, 5.41) is 1.39. The van der Waals surface area contributed by atoms with Crippen LogP contribution in [0, 0.1) is 0 Å². The van der Waals surface area contributed by atoms with E-state index in [2.05, 4.69) is 19.7 Å². The Morgan fingerprint density at radius 2 is 1.46 bits per heavy atom. The summed E-state index contributed by atoms with van der Waals surface area (Å²) in [5.74, 6) is 1.74. The predicted octanol–water partition coefficient (Wildman–Crippen LogP) is 2.95. The SMILES string of the molecule is Clc1cccc(Cl)c1N1CCN(c2ccnc(N3CCOCC3)n2)CC1. The van der Waals surface area contributed by atoms with E-state index in [4.69, 9.17) is 32.9 Å². The van der Waals surface area contributed by atoms with Crippen LogP contribution in [0.2, 0.25) is 10.0 Å². The molecule has 0 spiro atoms. The number of aromatic nitrogens is 2. The Labute approximate surface area is 163 Å². The van der Waals surface area contributed by atoms with E-state index in [-0.39, 0.29) is 0 Å². The molecule has 0 atom stereocenters. The summed E-state index contributed by atoms with van der Waals surface area (Å²) in [7, 11) is 0. The lowest BCUT2D eigenvalue weighted by atomic mass is 10.2. The van der Waals surface area contributed by atoms with Crippen LogP contribution in [0.15, 0.2) is 30.5 Å². The minimum Gasteiger partial charge on any atom is -0.378 e. The highest BCUT2D eigenvalue weighted by Crippen LogP contribution is 2.34. The first kappa shape index (κ1) is 17.6. The van der Waals surface area contributed by atoms with Gasteiger partial charge in [-0.15, -0.1) is 0 Å². The molecule has 0 radical (unpaired) electrons. The zero-order valence-corrected chi connectivity index (χ0v) is 16.0.